The molecule has 5 heteroatoms. The summed E-state index contributed by atoms with van der Waals surface area (Å²) in [7, 11) is 0. The number of anilines is 1. The first-order chi connectivity index (χ1) is 8.38. The minimum atomic E-state index is -0.483. The highest BCUT2D eigenvalue weighted by Gasteiger charge is 2.31. The fraction of sp³-hybridized carbons (Fsp3) is 0.167. The molecule has 17 heavy (non-hydrogen) atoms. The summed E-state index contributed by atoms with van der Waals surface area (Å²) >= 11 is 1.50. The van der Waals surface area contributed by atoms with Crippen LogP contribution < -0.4 is 5.32 Å². The van der Waals surface area contributed by atoms with E-state index in [0.717, 1.165) is 22.5 Å². The van der Waals surface area contributed by atoms with Gasteiger partial charge >= 0.3 is 0 Å². The van der Waals surface area contributed by atoms with Gasteiger partial charge in [-0.25, -0.2) is 4.98 Å². The predicted molar refractivity (Wildman–Crippen MR) is 64.8 cm³/mol. The molecule has 0 spiro atoms. The Balaban J connectivity index is 1.91. The lowest BCUT2D eigenvalue weighted by Crippen LogP contribution is -2.09. The largest absolute Gasteiger partial charge is 0.339 e. The van der Waals surface area contributed by atoms with Crippen molar-refractivity contribution in [3.05, 3.63) is 47.0 Å². The molecule has 4 nitrogen and oxygen atoms in total. The van der Waals surface area contributed by atoms with E-state index in [1.807, 2.05) is 29.6 Å². The van der Waals surface area contributed by atoms with Gasteiger partial charge in [0.2, 0.25) is 0 Å². The van der Waals surface area contributed by atoms with Crippen molar-refractivity contribution in [1.82, 2.24) is 4.98 Å². The van der Waals surface area contributed by atoms with E-state index in [1.54, 1.807) is 6.20 Å². The topological polar surface area (TPSA) is 51.2 Å². The second kappa shape index (κ2) is 4.27. The molecule has 3 rings (SSSR count). The predicted octanol–water partition coefficient (Wildman–Crippen LogP) is 2.52. The number of rotatable bonds is 3. The first kappa shape index (κ1) is 10.4. The molecule has 2 aromatic rings. The summed E-state index contributed by atoms with van der Waals surface area (Å²) in [5.41, 5.74) is 1.93. The number of aldehydes is 1. The second-order valence-corrected chi connectivity index (χ2v) is 4.58. The lowest BCUT2D eigenvalue weighted by atomic mass is 10.1. The summed E-state index contributed by atoms with van der Waals surface area (Å²) in [4.78, 5) is 15.1. The summed E-state index contributed by atoms with van der Waals surface area (Å²) in [6, 6.07) is 7.72. The summed E-state index contributed by atoms with van der Waals surface area (Å²) < 4.78 is 5.64. The Kier molecular flexibility index (Phi) is 2.62. The molecular formula is C12H10N2O2S. The van der Waals surface area contributed by atoms with E-state index in [4.69, 9.17) is 4.74 Å². The van der Waals surface area contributed by atoms with Gasteiger partial charge in [-0.15, -0.1) is 11.3 Å². The standard InChI is InChI=1S/C12H10N2O2S/c15-7-10-8-3-1-2-4-9(8)11(16-10)14-12-13-5-6-17-12/h1-7,10-11H,(H,13,14). The van der Waals surface area contributed by atoms with Crippen LogP contribution >= 0.6 is 11.3 Å². The number of nitrogens with one attached hydrogen (secondary N) is 1. The molecule has 2 heterocycles. The van der Waals surface area contributed by atoms with Gasteiger partial charge in [0, 0.05) is 17.1 Å². The zero-order valence-electron chi connectivity index (χ0n) is 8.87. The van der Waals surface area contributed by atoms with Crippen LogP contribution in [-0.2, 0) is 9.53 Å². The molecule has 2 unspecified atom stereocenters. The van der Waals surface area contributed by atoms with Crippen LogP contribution in [0.4, 0.5) is 5.13 Å². The Morgan fingerprint density at radius 1 is 1.35 bits per heavy atom. The maximum Gasteiger partial charge on any atom is 0.184 e. The molecule has 1 aromatic heterocycles. The minimum absolute atomic E-state index is 0.299. The van der Waals surface area contributed by atoms with Crippen molar-refractivity contribution >= 4 is 22.8 Å². The number of benzene rings is 1. The number of hydrogen-bond donors (Lipinski definition) is 1. The van der Waals surface area contributed by atoms with Crippen LogP contribution in [0.25, 0.3) is 0 Å². The normalized spacial score (nSPS) is 22.1. The van der Waals surface area contributed by atoms with Gasteiger partial charge in [-0.05, 0) is 5.56 Å². The SMILES string of the molecule is O=CC1OC(Nc2nccs2)c2ccccc21. The highest BCUT2D eigenvalue weighted by molar-refractivity contribution is 7.13. The second-order valence-electron chi connectivity index (χ2n) is 3.68. The Morgan fingerprint density at radius 2 is 2.18 bits per heavy atom. The van der Waals surface area contributed by atoms with Crippen molar-refractivity contribution in [3.63, 3.8) is 0 Å². The average molecular weight is 246 g/mol. The van der Waals surface area contributed by atoms with Crippen LogP contribution in [0.3, 0.4) is 0 Å². The summed E-state index contributed by atoms with van der Waals surface area (Å²) in [5.74, 6) is 0. The Bertz CT molecular complexity index is 527. The molecule has 2 atom stereocenters. The van der Waals surface area contributed by atoms with Crippen LogP contribution in [-0.4, -0.2) is 11.3 Å². The molecule has 86 valence electrons. The van der Waals surface area contributed by atoms with Gasteiger partial charge in [0.1, 0.15) is 6.10 Å². The Labute approximate surface area is 102 Å². The van der Waals surface area contributed by atoms with Gasteiger partial charge in [0.25, 0.3) is 0 Å². The van der Waals surface area contributed by atoms with Crippen molar-refractivity contribution in [3.8, 4) is 0 Å². The van der Waals surface area contributed by atoms with E-state index in [-0.39, 0.29) is 6.23 Å². The highest BCUT2D eigenvalue weighted by atomic mass is 32.1. The first-order valence-corrected chi connectivity index (χ1v) is 6.12. The summed E-state index contributed by atoms with van der Waals surface area (Å²) in [5, 5.41) is 5.85. The van der Waals surface area contributed by atoms with E-state index in [0.29, 0.717) is 0 Å². The number of thiazole rings is 1. The molecule has 0 amide bonds. The fourth-order valence-corrected chi connectivity index (χ4v) is 2.47. The molecule has 1 aromatic carbocycles. The van der Waals surface area contributed by atoms with Crippen LogP contribution in [0.15, 0.2) is 35.8 Å². The van der Waals surface area contributed by atoms with Gasteiger partial charge in [0.05, 0.1) is 0 Å². The molecule has 0 radical (unpaired) electrons. The number of hydrogen-bond acceptors (Lipinski definition) is 5. The van der Waals surface area contributed by atoms with Crippen molar-refractivity contribution in [2.75, 3.05) is 5.32 Å². The quantitative estimate of drug-likeness (QED) is 0.845. The van der Waals surface area contributed by atoms with Gasteiger partial charge in [0.15, 0.2) is 17.6 Å². The zero-order valence-corrected chi connectivity index (χ0v) is 9.68. The zero-order chi connectivity index (χ0) is 11.7. The van der Waals surface area contributed by atoms with Crippen molar-refractivity contribution in [1.29, 1.82) is 0 Å². The van der Waals surface area contributed by atoms with Crippen molar-refractivity contribution in [2.24, 2.45) is 0 Å². The van der Waals surface area contributed by atoms with Crippen LogP contribution in [0.5, 0.6) is 0 Å². The smallest absolute Gasteiger partial charge is 0.184 e. The summed E-state index contributed by atoms with van der Waals surface area (Å²) in [6.45, 7) is 0. The highest BCUT2D eigenvalue weighted by Crippen LogP contribution is 2.38. The summed E-state index contributed by atoms with van der Waals surface area (Å²) in [6.07, 6.45) is 1.77. The lowest BCUT2D eigenvalue weighted by molar-refractivity contribution is -0.119. The molecule has 1 N–H and O–H groups in total. The molecule has 0 fully saturated rings. The van der Waals surface area contributed by atoms with E-state index in [9.17, 15) is 4.79 Å². The monoisotopic (exact) mass is 246 g/mol. The molecule has 0 saturated heterocycles. The molecule has 0 saturated carbocycles. The van der Waals surface area contributed by atoms with Gasteiger partial charge in [-0.2, -0.15) is 0 Å². The molecule has 1 aliphatic rings. The number of fused-ring (bicyclic) bond motifs is 1. The fourth-order valence-electron chi connectivity index (χ4n) is 1.93. The van der Waals surface area contributed by atoms with E-state index in [2.05, 4.69) is 10.3 Å². The average Bonchev–Trinajstić information content (AvgIpc) is 2.98. The van der Waals surface area contributed by atoms with Crippen molar-refractivity contribution < 1.29 is 9.53 Å². The first-order valence-electron chi connectivity index (χ1n) is 5.24. The third-order valence-electron chi connectivity index (χ3n) is 2.68. The molecular weight excluding hydrogens is 236 g/mol. The van der Waals surface area contributed by atoms with Crippen LogP contribution in [0, 0.1) is 0 Å². The number of nitrogens with zero attached hydrogens (tertiary/aromatic N) is 1. The maximum absolute atomic E-state index is 11.0. The van der Waals surface area contributed by atoms with Crippen LogP contribution in [0.2, 0.25) is 0 Å². The van der Waals surface area contributed by atoms with Gasteiger partial charge < -0.3 is 14.8 Å². The van der Waals surface area contributed by atoms with Gasteiger partial charge in [-0.1, -0.05) is 24.3 Å². The third-order valence-corrected chi connectivity index (χ3v) is 3.38. The molecule has 0 aliphatic carbocycles. The number of carbonyl (C=O) groups excluding carboxylic acids is 1. The maximum atomic E-state index is 11.0. The van der Waals surface area contributed by atoms with E-state index < -0.39 is 6.10 Å². The van der Waals surface area contributed by atoms with E-state index >= 15 is 0 Å². The minimum Gasteiger partial charge on any atom is -0.339 e. The Morgan fingerprint density at radius 3 is 2.88 bits per heavy atom. The lowest BCUT2D eigenvalue weighted by Gasteiger charge is -2.12. The number of ether oxygens (including phenoxy) is 1. The van der Waals surface area contributed by atoms with E-state index in [1.165, 1.54) is 11.3 Å². The number of aromatic nitrogens is 1. The molecule has 0 bridgehead atoms. The Hall–Kier alpha value is -1.72. The molecule has 1 aliphatic heterocycles. The third kappa shape index (κ3) is 1.83. The van der Waals surface area contributed by atoms with Gasteiger partial charge in [-0.3, -0.25) is 0 Å². The van der Waals surface area contributed by atoms with Crippen molar-refractivity contribution in [2.45, 2.75) is 12.3 Å². The van der Waals surface area contributed by atoms with Crippen LogP contribution in [0.1, 0.15) is 23.5 Å². The number of carbonyl (C=O) groups is 1.